The fraction of sp³-hybridized carbons (Fsp3) is 0.500. The molecule has 0 atom stereocenters. The van der Waals surface area contributed by atoms with Gasteiger partial charge < -0.3 is 16.0 Å². The molecular weight excluding hydrogens is 232 g/mol. The largest absolute Gasteiger partial charge is 0.409 e. The first-order valence-corrected chi connectivity index (χ1v) is 6.03. The molecule has 1 aliphatic rings. The predicted octanol–water partition coefficient (Wildman–Crippen LogP) is 0.133. The highest BCUT2D eigenvalue weighted by atomic mass is 16.4. The van der Waals surface area contributed by atoms with Crippen LogP contribution in [-0.2, 0) is 6.54 Å². The quantitative estimate of drug-likeness (QED) is 0.289. The Balaban J connectivity index is 2.16. The number of pyridine rings is 1. The topological polar surface area (TPSA) is 95.0 Å². The molecule has 98 valence electrons. The summed E-state index contributed by atoms with van der Waals surface area (Å²) in [5, 5.41) is 20.8. The summed E-state index contributed by atoms with van der Waals surface area (Å²) in [6, 6.07) is 4.28. The van der Waals surface area contributed by atoms with E-state index in [0.29, 0.717) is 24.8 Å². The monoisotopic (exact) mass is 250 g/mol. The van der Waals surface area contributed by atoms with Crippen molar-refractivity contribution in [2.45, 2.75) is 25.4 Å². The van der Waals surface area contributed by atoms with E-state index in [2.05, 4.69) is 15.0 Å². The summed E-state index contributed by atoms with van der Waals surface area (Å²) in [6.45, 7) is 1.43. The van der Waals surface area contributed by atoms with E-state index in [1.807, 2.05) is 12.1 Å². The van der Waals surface area contributed by atoms with Crippen molar-refractivity contribution in [3.63, 3.8) is 0 Å². The molecule has 0 unspecified atom stereocenters. The number of hydrogen-bond donors (Lipinski definition) is 3. The summed E-state index contributed by atoms with van der Waals surface area (Å²) in [5.41, 5.74) is 7.02. The van der Waals surface area contributed by atoms with Gasteiger partial charge in [-0.25, -0.2) is 0 Å². The highest BCUT2D eigenvalue weighted by Gasteiger charge is 2.29. The fourth-order valence-corrected chi connectivity index (χ4v) is 2.02. The van der Waals surface area contributed by atoms with Crippen molar-refractivity contribution in [1.29, 1.82) is 0 Å². The minimum atomic E-state index is 0.0188. The number of aliphatic hydroxyl groups is 1. The Morgan fingerprint density at radius 3 is 2.94 bits per heavy atom. The Hall–Kier alpha value is -1.66. The van der Waals surface area contributed by atoms with Crippen LogP contribution >= 0.6 is 0 Å². The van der Waals surface area contributed by atoms with Crippen molar-refractivity contribution in [2.24, 2.45) is 10.9 Å². The third kappa shape index (κ3) is 2.96. The Bertz CT molecular complexity index is 432. The molecule has 6 nitrogen and oxygen atoms in total. The number of amidine groups is 1. The Morgan fingerprint density at radius 1 is 1.56 bits per heavy atom. The van der Waals surface area contributed by atoms with E-state index in [9.17, 15) is 0 Å². The first kappa shape index (κ1) is 12.8. The van der Waals surface area contributed by atoms with E-state index >= 15 is 0 Å². The number of nitrogens with two attached hydrogens (primary N) is 1. The van der Waals surface area contributed by atoms with Crippen LogP contribution in [0.25, 0.3) is 0 Å². The molecule has 6 heteroatoms. The Morgan fingerprint density at radius 2 is 2.33 bits per heavy atom. The van der Waals surface area contributed by atoms with Crippen LogP contribution in [0, 0.1) is 0 Å². The van der Waals surface area contributed by atoms with Gasteiger partial charge >= 0.3 is 0 Å². The van der Waals surface area contributed by atoms with Crippen molar-refractivity contribution >= 4 is 5.84 Å². The van der Waals surface area contributed by atoms with Crippen LogP contribution < -0.4 is 5.73 Å². The van der Waals surface area contributed by atoms with Crippen molar-refractivity contribution < 1.29 is 10.3 Å². The second kappa shape index (κ2) is 5.79. The molecule has 0 radical (unpaired) electrons. The lowest BCUT2D eigenvalue weighted by atomic mass is 10.1. The summed E-state index contributed by atoms with van der Waals surface area (Å²) in [6.07, 6.45) is 3.95. The maximum absolute atomic E-state index is 9.07. The number of aliphatic hydroxyl groups excluding tert-OH is 1. The zero-order valence-corrected chi connectivity index (χ0v) is 10.2. The Labute approximate surface area is 106 Å². The van der Waals surface area contributed by atoms with E-state index in [1.165, 1.54) is 12.8 Å². The molecule has 1 aromatic heterocycles. The summed E-state index contributed by atoms with van der Waals surface area (Å²) in [7, 11) is 0. The lowest BCUT2D eigenvalue weighted by Crippen LogP contribution is -2.30. The van der Waals surface area contributed by atoms with E-state index in [4.69, 9.17) is 16.0 Å². The van der Waals surface area contributed by atoms with Crippen LogP contribution in [0.4, 0.5) is 0 Å². The minimum Gasteiger partial charge on any atom is -0.409 e. The molecular formula is C12H18N4O2. The first-order valence-electron chi connectivity index (χ1n) is 6.03. The van der Waals surface area contributed by atoms with Gasteiger partial charge in [0.25, 0.3) is 0 Å². The zero-order valence-electron chi connectivity index (χ0n) is 10.2. The van der Waals surface area contributed by atoms with Gasteiger partial charge in [0.1, 0.15) is 5.69 Å². The molecule has 18 heavy (non-hydrogen) atoms. The minimum absolute atomic E-state index is 0.0188. The van der Waals surface area contributed by atoms with Crippen molar-refractivity contribution in [2.75, 3.05) is 13.2 Å². The third-order valence-electron chi connectivity index (χ3n) is 3.07. The number of oxime groups is 1. The zero-order chi connectivity index (χ0) is 13.0. The van der Waals surface area contributed by atoms with Crippen LogP contribution in [0.5, 0.6) is 0 Å². The van der Waals surface area contributed by atoms with Gasteiger partial charge in [0.2, 0.25) is 0 Å². The summed E-state index contributed by atoms with van der Waals surface area (Å²) in [5.74, 6) is 0.0188. The Kier molecular flexibility index (Phi) is 4.11. The molecule has 0 aliphatic heterocycles. The van der Waals surface area contributed by atoms with Gasteiger partial charge in [-0.05, 0) is 24.5 Å². The molecule has 1 aromatic rings. The molecule has 2 rings (SSSR count). The number of rotatable bonds is 6. The molecule has 0 aromatic carbocycles. The van der Waals surface area contributed by atoms with Crippen LogP contribution in [0.3, 0.4) is 0 Å². The molecule has 0 bridgehead atoms. The smallest absolute Gasteiger partial charge is 0.189 e. The molecule has 4 N–H and O–H groups in total. The number of hydrogen-bond acceptors (Lipinski definition) is 5. The second-order valence-electron chi connectivity index (χ2n) is 4.42. The summed E-state index contributed by atoms with van der Waals surface area (Å²) >= 11 is 0. The number of nitrogens with zero attached hydrogens (tertiary/aromatic N) is 3. The fourth-order valence-electron chi connectivity index (χ4n) is 2.02. The molecule has 1 heterocycles. The van der Waals surface area contributed by atoms with E-state index in [1.54, 1.807) is 6.20 Å². The highest BCUT2D eigenvalue weighted by molar-refractivity contribution is 5.96. The van der Waals surface area contributed by atoms with E-state index in [0.717, 1.165) is 5.56 Å². The normalized spacial score (nSPS) is 16.2. The standard InChI is InChI=1S/C12H18N4O2/c13-12(15-18)11-9(2-1-5-14-11)8-16(6-7-17)10-3-4-10/h1-2,5,10,17-18H,3-4,6-8H2,(H2,13,15). The van der Waals surface area contributed by atoms with Crippen LogP contribution in [0.15, 0.2) is 23.5 Å². The van der Waals surface area contributed by atoms with Gasteiger partial charge in [0.05, 0.1) is 6.61 Å². The van der Waals surface area contributed by atoms with Gasteiger partial charge in [-0.2, -0.15) is 0 Å². The van der Waals surface area contributed by atoms with E-state index in [-0.39, 0.29) is 12.4 Å². The lowest BCUT2D eigenvalue weighted by Gasteiger charge is -2.21. The van der Waals surface area contributed by atoms with Gasteiger partial charge in [-0.3, -0.25) is 9.88 Å². The number of aromatic nitrogens is 1. The molecule has 0 spiro atoms. The maximum atomic E-state index is 9.07. The predicted molar refractivity (Wildman–Crippen MR) is 67.3 cm³/mol. The van der Waals surface area contributed by atoms with Gasteiger partial charge in [-0.1, -0.05) is 11.2 Å². The van der Waals surface area contributed by atoms with Crippen molar-refractivity contribution in [1.82, 2.24) is 9.88 Å². The molecule has 1 aliphatic carbocycles. The van der Waals surface area contributed by atoms with Crippen LogP contribution in [-0.4, -0.2) is 45.2 Å². The van der Waals surface area contributed by atoms with Crippen LogP contribution in [0.1, 0.15) is 24.1 Å². The van der Waals surface area contributed by atoms with E-state index < -0.39 is 0 Å². The van der Waals surface area contributed by atoms with Gasteiger partial charge in [0.15, 0.2) is 5.84 Å². The first-order chi connectivity index (χ1) is 8.76. The average Bonchev–Trinajstić information content (AvgIpc) is 3.22. The molecule has 0 saturated heterocycles. The van der Waals surface area contributed by atoms with Crippen molar-refractivity contribution in [3.05, 3.63) is 29.6 Å². The van der Waals surface area contributed by atoms with Crippen molar-refractivity contribution in [3.8, 4) is 0 Å². The average molecular weight is 250 g/mol. The third-order valence-corrected chi connectivity index (χ3v) is 3.07. The molecule has 1 fully saturated rings. The molecule has 1 saturated carbocycles. The summed E-state index contributed by atoms with van der Waals surface area (Å²) in [4.78, 5) is 6.34. The SMILES string of the molecule is NC(=NO)c1ncccc1CN(CCO)C1CC1. The van der Waals surface area contributed by atoms with Crippen LogP contribution in [0.2, 0.25) is 0 Å². The lowest BCUT2D eigenvalue weighted by molar-refractivity contribution is 0.183. The molecule has 0 amide bonds. The summed E-state index contributed by atoms with van der Waals surface area (Å²) < 4.78 is 0. The van der Waals surface area contributed by atoms with Gasteiger partial charge in [-0.15, -0.1) is 0 Å². The highest BCUT2D eigenvalue weighted by Crippen LogP contribution is 2.28. The maximum Gasteiger partial charge on any atom is 0.189 e. The van der Waals surface area contributed by atoms with Gasteiger partial charge in [0, 0.05) is 25.3 Å². The second-order valence-corrected chi connectivity index (χ2v) is 4.42.